The van der Waals surface area contributed by atoms with E-state index < -0.39 is 11.4 Å². The van der Waals surface area contributed by atoms with Crippen LogP contribution in [0, 0.1) is 9.39 Å². The van der Waals surface area contributed by atoms with Crippen LogP contribution in [0.3, 0.4) is 0 Å². The summed E-state index contributed by atoms with van der Waals surface area (Å²) in [6, 6.07) is 8.47. The minimum atomic E-state index is -0.633. The molecule has 0 bridgehead atoms. The third-order valence-corrected chi connectivity index (χ3v) is 4.53. The third kappa shape index (κ3) is 2.76. The number of nitrogens with one attached hydrogen (secondary N) is 1. The molecule has 3 rings (SSSR count). The summed E-state index contributed by atoms with van der Waals surface area (Å²) >= 11 is 8.01. The highest BCUT2D eigenvalue weighted by Gasteiger charge is 2.16. The Labute approximate surface area is 142 Å². The number of hydrogen-bond donors (Lipinski definition) is 2. The lowest BCUT2D eigenvalue weighted by molar-refractivity contribution is 0.409. The van der Waals surface area contributed by atoms with E-state index in [-0.39, 0.29) is 17.2 Å². The average Bonchev–Trinajstić information content (AvgIpc) is 2.46. The second-order valence-electron chi connectivity index (χ2n) is 4.50. The summed E-state index contributed by atoms with van der Waals surface area (Å²) in [7, 11) is 0. The molecular formula is C15H8ClFINO3. The number of aromatic nitrogens is 1. The lowest BCUT2D eigenvalue weighted by atomic mass is 10.2. The number of ether oxygens (including phenoxy) is 1. The van der Waals surface area contributed by atoms with Crippen molar-refractivity contribution in [3.63, 3.8) is 0 Å². The number of pyridine rings is 1. The van der Waals surface area contributed by atoms with E-state index in [2.05, 4.69) is 4.98 Å². The maximum atomic E-state index is 13.2. The second-order valence-corrected chi connectivity index (χ2v) is 6.07. The molecule has 0 fully saturated rings. The van der Waals surface area contributed by atoms with E-state index in [0.717, 1.165) is 6.07 Å². The predicted molar refractivity (Wildman–Crippen MR) is 90.4 cm³/mol. The van der Waals surface area contributed by atoms with E-state index in [1.165, 1.54) is 18.2 Å². The number of aromatic amines is 1. The van der Waals surface area contributed by atoms with E-state index in [1.807, 2.05) is 22.6 Å². The average molecular weight is 432 g/mol. The number of hydrogen-bond acceptors (Lipinski definition) is 3. The topological polar surface area (TPSA) is 62.3 Å². The number of fused-ring (bicyclic) bond motifs is 1. The fourth-order valence-electron chi connectivity index (χ4n) is 2.00. The fraction of sp³-hybridized carbons (Fsp3) is 0. The van der Waals surface area contributed by atoms with Gasteiger partial charge >= 0.3 is 0 Å². The van der Waals surface area contributed by atoms with Gasteiger partial charge in [0, 0.05) is 15.0 Å². The summed E-state index contributed by atoms with van der Waals surface area (Å²) in [5.74, 6) is -1.01. The molecule has 2 N–H and O–H groups in total. The Morgan fingerprint density at radius 2 is 2.05 bits per heavy atom. The first-order valence-corrected chi connectivity index (χ1v) is 7.59. The zero-order valence-electron chi connectivity index (χ0n) is 10.9. The van der Waals surface area contributed by atoms with Gasteiger partial charge in [0.15, 0.2) is 5.75 Å². The molecule has 0 saturated carbocycles. The maximum Gasteiger partial charge on any atom is 0.295 e. The number of H-pyrrole nitrogens is 1. The van der Waals surface area contributed by atoms with Gasteiger partial charge in [-0.25, -0.2) is 4.39 Å². The predicted octanol–water partition coefficient (Wildman–Crippen LogP) is 4.42. The molecule has 0 spiro atoms. The minimum absolute atomic E-state index is 0.115. The Bertz CT molecular complexity index is 942. The van der Waals surface area contributed by atoms with Crippen LogP contribution in [0.2, 0.25) is 5.02 Å². The van der Waals surface area contributed by atoms with Crippen LogP contribution < -0.4 is 10.3 Å². The van der Waals surface area contributed by atoms with Crippen molar-refractivity contribution in [1.29, 1.82) is 0 Å². The van der Waals surface area contributed by atoms with Gasteiger partial charge in [-0.15, -0.1) is 0 Å². The molecule has 112 valence electrons. The van der Waals surface area contributed by atoms with Gasteiger partial charge in [0.25, 0.3) is 5.56 Å². The molecule has 3 aromatic rings. The molecule has 0 amide bonds. The number of rotatable bonds is 2. The lowest BCUT2D eigenvalue weighted by Crippen LogP contribution is -2.09. The van der Waals surface area contributed by atoms with Gasteiger partial charge in [-0.3, -0.25) is 4.79 Å². The second kappa shape index (κ2) is 5.77. The van der Waals surface area contributed by atoms with E-state index in [1.54, 1.807) is 12.1 Å². The lowest BCUT2D eigenvalue weighted by Gasteiger charge is -2.10. The zero-order chi connectivity index (χ0) is 15.9. The molecule has 1 aromatic heterocycles. The molecule has 22 heavy (non-hydrogen) atoms. The Morgan fingerprint density at radius 3 is 2.77 bits per heavy atom. The summed E-state index contributed by atoms with van der Waals surface area (Å²) in [6.45, 7) is 0. The number of benzene rings is 2. The maximum absolute atomic E-state index is 13.2. The molecule has 0 unspecified atom stereocenters. The summed E-state index contributed by atoms with van der Waals surface area (Å²) in [5.41, 5.74) is -0.244. The summed E-state index contributed by atoms with van der Waals surface area (Å²) in [4.78, 5) is 14.6. The van der Waals surface area contributed by atoms with Crippen molar-refractivity contribution < 1.29 is 14.2 Å². The smallest absolute Gasteiger partial charge is 0.295 e. The van der Waals surface area contributed by atoms with Gasteiger partial charge in [-0.2, -0.15) is 0 Å². The van der Waals surface area contributed by atoms with Crippen LogP contribution in [0.15, 0.2) is 41.2 Å². The van der Waals surface area contributed by atoms with Crippen molar-refractivity contribution in [1.82, 2.24) is 4.98 Å². The highest BCUT2D eigenvalue weighted by atomic mass is 127. The Balaban J connectivity index is 2.18. The number of halogens is 3. The van der Waals surface area contributed by atoms with Gasteiger partial charge in [-0.1, -0.05) is 17.7 Å². The molecule has 0 atom stereocenters. The van der Waals surface area contributed by atoms with Crippen LogP contribution in [0.4, 0.5) is 4.39 Å². The Morgan fingerprint density at radius 1 is 1.27 bits per heavy atom. The standard InChI is InChI=1S/C15H8ClFINO3/c16-10-6-12-9(5-11(10)18)13(20)14(15(21)19-12)22-8-3-1-2-7(17)4-8/h1-6H,(H2,19,20,21). The molecule has 4 nitrogen and oxygen atoms in total. The van der Waals surface area contributed by atoms with Crippen molar-refractivity contribution >= 4 is 45.1 Å². The van der Waals surface area contributed by atoms with E-state index in [9.17, 15) is 14.3 Å². The molecule has 2 aromatic carbocycles. The van der Waals surface area contributed by atoms with Gasteiger partial charge in [0.1, 0.15) is 11.6 Å². The molecule has 0 aliphatic heterocycles. The van der Waals surface area contributed by atoms with Gasteiger partial charge in [0.2, 0.25) is 5.75 Å². The largest absolute Gasteiger partial charge is 0.504 e. The van der Waals surface area contributed by atoms with Crippen LogP contribution in [0.25, 0.3) is 10.9 Å². The van der Waals surface area contributed by atoms with Crippen LogP contribution in [-0.4, -0.2) is 10.1 Å². The summed E-state index contributed by atoms with van der Waals surface area (Å²) in [5, 5.41) is 11.1. The first kappa shape index (κ1) is 15.1. The van der Waals surface area contributed by atoms with E-state index in [0.29, 0.717) is 19.5 Å². The molecule has 0 saturated heterocycles. The highest BCUT2D eigenvalue weighted by Crippen LogP contribution is 2.35. The van der Waals surface area contributed by atoms with Crippen molar-refractivity contribution in [3.05, 3.63) is 61.2 Å². The summed E-state index contributed by atoms with van der Waals surface area (Å²) in [6.07, 6.45) is 0. The zero-order valence-corrected chi connectivity index (χ0v) is 13.8. The Hall–Kier alpha value is -1.80. The van der Waals surface area contributed by atoms with Crippen LogP contribution in [-0.2, 0) is 0 Å². The quantitative estimate of drug-likeness (QED) is 0.591. The normalized spacial score (nSPS) is 10.9. The molecule has 1 heterocycles. The van der Waals surface area contributed by atoms with E-state index in [4.69, 9.17) is 16.3 Å². The molecule has 0 aliphatic rings. The van der Waals surface area contributed by atoms with Crippen LogP contribution in [0.5, 0.6) is 17.2 Å². The molecule has 7 heteroatoms. The van der Waals surface area contributed by atoms with Crippen molar-refractivity contribution in [2.45, 2.75) is 0 Å². The monoisotopic (exact) mass is 431 g/mol. The van der Waals surface area contributed by atoms with Gasteiger partial charge < -0.3 is 14.8 Å². The SMILES string of the molecule is O=c1[nH]c2cc(Cl)c(I)cc2c(O)c1Oc1cccc(F)c1. The highest BCUT2D eigenvalue weighted by molar-refractivity contribution is 14.1. The summed E-state index contributed by atoms with van der Waals surface area (Å²) < 4.78 is 19.2. The first-order valence-electron chi connectivity index (χ1n) is 6.13. The molecule has 0 aliphatic carbocycles. The fourth-order valence-corrected chi connectivity index (χ4v) is 2.63. The number of aromatic hydroxyl groups is 1. The first-order chi connectivity index (χ1) is 10.5. The minimum Gasteiger partial charge on any atom is -0.504 e. The third-order valence-electron chi connectivity index (χ3n) is 3.00. The Kier molecular flexibility index (Phi) is 3.96. The molecular weight excluding hydrogens is 424 g/mol. The van der Waals surface area contributed by atoms with Crippen molar-refractivity contribution in [2.24, 2.45) is 0 Å². The van der Waals surface area contributed by atoms with Gasteiger partial charge in [0.05, 0.1) is 10.5 Å². The van der Waals surface area contributed by atoms with Gasteiger partial charge in [-0.05, 0) is 46.9 Å². The van der Waals surface area contributed by atoms with Crippen LogP contribution >= 0.6 is 34.2 Å². The molecule has 0 radical (unpaired) electrons. The van der Waals surface area contributed by atoms with E-state index >= 15 is 0 Å². The van der Waals surface area contributed by atoms with Crippen LogP contribution in [0.1, 0.15) is 0 Å². The van der Waals surface area contributed by atoms with Crippen molar-refractivity contribution in [3.8, 4) is 17.2 Å². The van der Waals surface area contributed by atoms with Crippen molar-refractivity contribution in [2.75, 3.05) is 0 Å².